The van der Waals surface area contributed by atoms with Crippen molar-refractivity contribution in [1.82, 2.24) is 0 Å². The molecule has 0 atom stereocenters. The Morgan fingerprint density at radius 1 is 0.633 bits per heavy atom. The summed E-state index contributed by atoms with van der Waals surface area (Å²) in [4.78, 5) is 0. The van der Waals surface area contributed by atoms with Gasteiger partial charge < -0.3 is 19.7 Å². The third-order valence-corrected chi connectivity index (χ3v) is 4.92. The van der Waals surface area contributed by atoms with Gasteiger partial charge in [0.1, 0.15) is 23.0 Å². The standard InChI is InChI=1S/C24H20N2O4/c1-29-21-11-9-15(23-17(21)5-3-7-19(23)27)13-25-26-14-16-10-12-22(30-2)18-6-4-8-20(28)24(16)18/h3-14,27-28H,1-2H3/b25-13+,26-14+. The Labute approximate surface area is 173 Å². The van der Waals surface area contributed by atoms with Crippen molar-refractivity contribution < 1.29 is 19.7 Å². The van der Waals surface area contributed by atoms with Crippen LogP contribution in [-0.4, -0.2) is 36.9 Å². The van der Waals surface area contributed by atoms with E-state index in [4.69, 9.17) is 9.47 Å². The Balaban J connectivity index is 1.71. The molecule has 30 heavy (non-hydrogen) atoms. The third-order valence-electron chi connectivity index (χ3n) is 4.92. The van der Waals surface area contributed by atoms with Crippen LogP contribution in [0.2, 0.25) is 0 Å². The van der Waals surface area contributed by atoms with E-state index in [1.54, 1.807) is 50.9 Å². The molecule has 0 aliphatic carbocycles. The van der Waals surface area contributed by atoms with Crippen LogP contribution < -0.4 is 9.47 Å². The molecule has 0 unspecified atom stereocenters. The number of fused-ring (bicyclic) bond motifs is 2. The zero-order chi connectivity index (χ0) is 21.1. The Hall–Kier alpha value is -4.06. The number of aromatic hydroxyl groups is 2. The van der Waals surface area contributed by atoms with Crippen molar-refractivity contribution in [3.05, 3.63) is 71.8 Å². The second kappa shape index (κ2) is 8.13. The molecular formula is C24H20N2O4. The summed E-state index contributed by atoms with van der Waals surface area (Å²) in [7, 11) is 3.18. The van der Waals surface area contributed by atoms with E-state index in [0.717, 1.165) is 10.8 Å². The van der Waals surface area contributed by atoms with Gasteiger partial charge in [-0.1, -0.05) is 24.3 Å². The number of hydrogen-bond acceptors (Lipinski definition) is 6. The highest BCUT2D eigenvalue weighted by molar-refractivity contribution is 6.07. The van der Waals surface area contributed by atoms with Crippen LogP contribution in [0.1, 0.15) is 11.1 Å². The monoisotopic (exact) mass is 400 g/mol. The zero-order valence-electron chi connectivity index (χ0n) is 16.5. The van der Waals surface area contributed by atoms with Crippen molar-refractivity contribution in [3.8, 4) is 23.0 Å². The lowest BCUT2D eigenvalue weighted by molar-refractivity contribution is 0.419. The highest BCUT2D eigenvalue weighted by Gasteiger charge is 2.10. The van der Waals surface area contributed by atoms with E-state index in [1.165, 1.54) is 0 Å². The van der Waals surface area contributed by atoms with Crippen molar-refractivity contribution in [2.24, 2.45) is 10.2 Å². The summed E-state index contributed by atoms with van der Waals surface area (Å²) in [6, 6.07) is 17.8. The molecule has 0 saturated carbocycles. The molecular weight excluding hydrogens is 380 g/mol. The van der Waals surface area contributed by atoms with Crippen LogP contribution in [0.15, 0.2) is 70.9 Å². The fourth-order valence-corrected chi connectivity index (χ4v) is 3.54. The highest BCUT2D eigenvalue weighted by atomic mass is 16.5. The van der Waals surface area contributed by atoms with Crippen molar-refractivity contribution in [2.45, 2.75) is 0 Å². The minimum absolute atomic E-state index is 0.142. The number of benzene rings is 4. The molecule has 0 amide bonds. The number of methoxy groups -OCH3 is 2. The van der Waals surface area contributed by atoms with E-state index < -0.39 is 0 Å². The predicted octanol–water partition coefficient (Wildman–Crippen LogP) is 4.87. The fourth-order valence-electron chi connectivity index (χ4n) is 3.54. The number of phenols is 2. The highest BCUT2D eigenvalue weighted by Crippen LogP contribution is 2.35. The van der Waals surface area contributed by atoms with Crippen LogP contribution in [0.4, 0.5) is 0 Å². The lowest BCUT2D eigenvalue weighted by Crippen LogP contribution is -1.91. The molecule has 6 nitrogen and oxygen atoms in total. The molecule has 0 bridgehead atoms. The first kappa shape index (κ1) is 19.3. The maximum absolute atomic E-state index is 10.3. The van der Waals surface area contributed by atoms with E-state index in [2.05, 4.69) is 10.2 Å². The Kier molecular flexibility index (Phi) is 5.22. The Bertz CT molecular complexity index is 1190. The minimum atomic E-state index is 0.142. The molecule has 0 aromatic heterocycles. The predicted molar refractivity (Wildman–Crippen MR) is 120 cm³/mol. The SMILES string of the molecule is COc1ccc(/C=N/N=C/c2ccc(OC)c3cccc(O)c23)c2c(O)cccc12. The summed E-state index contributed by atoms with van der Waals surface area (Å²) in [5.74, 6) is 1.62. The van der Waals surface area contributed by atoms with Crippen molar-refractivity contribution in [3.63, 3.8) is 0 Å². The summed E-state index contributed by atoms with van der Waals surface area (Å²) < 4.78 is 10.7. The molecule has 0 fully saturated rings. The van der Waals surface area contributed by atoms with Crippen LogP contribution in [0.25, 0.3) is 21.5 Å². The summed E-state index contributed by atoms with van der Waals surface area (Å²) in [5.41, 5.74) is 1.42. The van der Waals surface area contributed by atoms with Gasteiger partial charge in [0.2, 0.25) is 0 Å². The number of nitrogens with zero attached hydrogens (tertiary/aromatic N) is 2. The number of phenolic OH excluding ortho intramolecular Hbond substituents is 2. The lowest BCUT2D eigenvalue weighted by atomic mass is 10.0. The van der Waals surface area contributed by atoms with Crippen LogP contribution >= 0.6 is 0 Å². The van der Waals surface area contributed by atoms with Gasteiger partial charge in [-0.15, -0.1) is 0 Å². The first-order valence-electron chi connectivity index (χ1n) is 9.28. The maximum atomic E-state index is 10.3. The Morgan fingerprint density at radius 3 is 1.47 bits per heavy atom. The average molecular weight is 400 g/mol. The number of rotatable bonds is 5. The molecule has 150 valence electrons. The van der Waals surface area contributed by atoms with Crippen LogP contribution in [0, 0.1) is 0 Å². The maximum Gasteiger partial charge on any atom is 0.126 e. The molecule has 0 radical (unpaired) electrons. The van der Waals surface area contributed by atoms with Gasteiger partial charge in [-0.05, 0) is 36.4 Å². The summed E-state index contributed by atoms with van der Waals surface area (Å²) in [6.07, 6.45) is 3.15. The first-order valence-corrected chi connectivity index (χ1v) is 9.28. The molecule has 2 N–H and O–H groups in total. The van der Waals surface area contributed by atoms with Gasteiger partial charge in [0.25, 0.3) is 0 Å². The Morgan fingerprint density at radius 2 is 1.07 bits per heavy atom. The normalized spacial score (nSPS) is 11.7. The molecule has 0 spiro atoms. The largest absolute Gasteiger partial charge is 0.507 e. The van der Waals surface area contributed by atoms with E-state index >= 15 is 0 Å². The van der Waals surface area contributed by atoms with Gasteiger partial charge in [-0.3, -0.25) is 0 Å². The number of hydrogen-bond donors (Lipinski definition) is 2. The van der Waals surface area contributed by atoms with Gasteiger partial charge in [-0.25, -0.2) is 0 Å². The zero-order valence-corrected chi connectivity index (χ0v) is 16.5. The van der Waals surface area contributed by atoms with Gasteiger partial charge in [-0.2, -0.15) is 10.2 Å². The van der Waals surface area contributed by atoms with E-state index in [0.29, 0.717) is 33.4 Å². The van der Waals surface area contributed by atoms with Crippen molar-refractivity contribution in [2.75, 3.05) is 14.2 Å². The second-order valence-electron chi connectivity index (χ2n) is 6.60. The molecule has 0 heterocycles. The first-order chi connectivity index (χ1) is 14.6. The summed E-state index contributed by atoms with van der Waals surface area (Å²) >= 11 is 0. The van der Waals surface area contributed by atoms with Crippen molar-refractivity contribution >= 4 is 34.0 Å². The molecule has 0 saturated heterocycles. The molecule has 0 aliphatic rings. The van der Waals surface area contributed by atoms with Crippen LogP contribution in [0.3, 0.4) is 0 Å². The molecule has 6 heteroatoms. The van der Waals surface area contributed by atoms with E-state index in [-0.39, 0.29) is 11.5 Å². The topological polar surface area (TPSA) is 83.6 Å². The van der Waals surface area contributed by atoms with Gasteiger partial charge in [0.15, 0.2) is 0 Å². The average Bonchev–Trinajstić information content (AvgIpc) is 2.76. The van der Waals surface area contributed by atoms with Crippen LogP contribution in [0.5, 0.6) is 23.0 Å². The fraction of sp³-hybridized carbons (Fsp3) is 0.0833. The smallest absolute Gasteiger partial charge is 0.126 e. The number of ether oxygens (including phenoxy) is 2. The second-order valence-corrected chi connectivity index (χ2v) is 6.60. The summed E-state index contributed by atoms with van der Waals surface area (Å²) in [5, 5.41) is 31.8. The molecule has 4 rings (SSSR count). The van der Waals surface area contributed by atoms with E-state index in [1.807, 2.05) is 36.4 Å². The van der Waals surface area contributed by atoms with Gasteiger partial charge in [0.05, 0.1) is 26.6 Å². The quantitative estimate of drug-likeness (QED) is 0.370. The molecule has 4 aromatic rings. The van der Waals surface area contributed by atoms with Gasteiger partial charge in [0, 0.05) is 32.7 Å². The van der Waals surface area contributed by atoms with Crippen molar-refractivity contribution in [1.29, 1.82) is 0 Å². The minimum Gasteiger partial charge on any atom is -0.507 e. The summed E-state index contributed by atoms with van der Waals surface area (Å²) in [6.45, 7) is 0. The third kappa shape index (κ3) is 3.39. The van der Waals surface area contributed by atoms with Gasteiger partial charge >= 0.3 is 0 Å². The lowest BCUT2D eigenvalue weighted by Gasteiger charge is -2.09. The van der Waals surface area contributed by atoms with Crippen LogP contribution in [-0.2, 0) is 0 Å². The molecule has 4 aromatic carbocycles. The molecule has 0 aliphatic heterocycles. The van der Waals surface area contributed by atoms with E-state index in [9.17, 15) is 10.2 Å².